The van der Waals surface area contributed by atoms with Gasteiger partial charge in [0, 0.05) is 6.61 Å². The zero-order chi connectivity index (χ0) is 8.10. The molecule has 0 spiro atoms. The van der Waals surface area contributed by atoms with Crippen molar-refractivity contribution in [3.8, 4) is 6.07 Å². The van der Waals surface area contributed by atoms with Crippen molar-refractivity contribution in [1.29, 1.82) is 5.26 Å². The summed E-state index contributed by atoms with van der Waals surface area (Å²) in [5.41, 5.74) is 0. The van der Waals surface area contributed by atoms with Gasteiger partial charge >= 0.3 is 0 Å². The summed E-state index contributed by atoms with van der Waals surface area (Å²) >= 11 is 0. The smallest absolute Gasteiger partial charge is 0.226 e. The number of nitrogens with one attached hydrogen (secondary N) is 1. The molecule has 1 rings (SSSR count). The molecule has 0 aliphatic carbocycles. The van der Waals surface area contributed by atoms with E-state index in [9.17, 15) is 4.79 Å². The van der Waals surface area contributed by atoms with Gasteiger partial charge in [-0.1, -0.05) is 0 Å². The Morgan fingerprint density at radius 1 is 1.82 bits per heavy atom. The topological polar surface area (TPSA) is 62.1 Å². The molecule has 1 fully saturated rings. The van der Waals surface area contributed by atoms with Crippen LogP contribution in [0.15, 0.2) is 0 Å². The molecule has 4 nitrogen and oxygen atoms in total. The Labute approximate surface area is 65.1 Å². The van der Waals surface area contributed by atoms with Gasteiger partial charge in [-0.25, -0.2) is 0 Å². The van der Waals surface area contributed by atoms with Crippen LogP contribution in [0.1, 0.15) is 6.42 Å². The Hall–Kier alpha value is -1.08. The van der Waals surface area contributed by atoms with E-state index in [0.29, 0.717) is 13.2 Å². The third-order valence-corrected chi connectivity index (χ3v) is 1.64. The molecule has 0 radical (unpaired) electrons. The fraction of sp³-hybridized carbons (Fsp3) is 0.714. The third-order valence-electron chi connectivity index (χ3n) is 1.64. The summed E-state index contributed by atoms with van der Waals surface area (Å²) in [5.74, 6) is -0.104. The number of carbonyl (C=O) groups is 1. The van der Waals surface area contributed by atoms with Crippen molar-refractivity contribution in [2.75, 3.05) is 19.8 Å². The molecule has 1 heterocycles. The van der Waals surface area contributed by atoms with Crippen LogP contribution in [-0.2, 0) is 9.53 Å². The van der Waals surface area contributed by atoms with E-state index < -0.39 is 0 Å². The Kier molecular flexibility index (Phi) is 2.87. The second-order valence-electron chi connectivity index (χ2n) is 2.44. The minimum atomic E-state index is -0.0657. The molecule has 0 aromatic carbocycles. The Balaban J connectivity index is 2.24. The highest BCUT2D eigenvalue weighted by Crippen LogP contribution is 2.11. The fourth-order valence-corrected chi connectivity index (χ4v) is 1.01. The highest BCUT2D eigenvalue weighted by Gasteiger charge is 2.22. The predicted molar refractivity (Wildman–Crippen MR) is 37.5 cm³/mol. The van der Waals surface area contributed by atoms with Crippen LogP contribution in [0.2, 0.25) is 0 Å². The molecule has 1 unspecified atom stereocenters. The number of carbonyl (C=O) groups excluding carboxylic acids is 1. The highest BCUT2D eigenvalue weighted by atomic mass is 16.5. The fourth-order valence-electron chi connectivity index (χ4n) is 1.01. The van der Waals surface area contributed by atoms with Crippen molar-refractivity contribution in [3.05, 3.63) is 0 Å². The number of ether oxygens (including phenoxy) is 1. The average molecular weight is 154 g/mol. The number of nitriles is 1. The standard InChI is InChI=1S/C7H10N2O2/c8-2-3-9-7(10)6-1-4-11-5-6/h6H,1,3-5H2,(H,9,10). The molecule has 1 N–H and O–H groups in total. The number of hydrogen-bond acceptors (Lipinski definition) is 3. The number of rotatable bonds is 2. The van der Waals surface area contributed by atoms with Gasteiger partial charge in [0.05, 0.1) is 18.6 Å². The molecule has 0 aromatic heterocycles. The van der Waals surface area contributed by atoms with E-state index in [0.717, 1.165) is 6.42 Å². The lowest BCUT2D eigenvalue weighted by molar-refractivity contribution is -0.124. The van der Waals surface area contributed by atoms with Crippen LogP contribution in [0.25, 0.3) is 0 Å². The first-order chi connectivity index (χ1) is 5.34. The molecule has 60 valence electrons. The minimum Gasteiger partial charge on any atom is -0.381 e. The van der Waals surface area contributed by atoms with Gasteiger partial charge in [0.1, 0.15) is 6.54 Å². The zero-order valence-corrected chi connectivity index (χ0v) is 6.17. The molecule has 0 saturated carbocycles. The SMILES string of the molecule is N#CCNC(=O)C1CCOC1. The highest BCUT2D eigenvalue weighted by molar-refractivity contribution is 5.79. The lowest BCUT2D eigenvalue weighted by Crippen LogP contribution is -2.31. The summed E-state index contributed by atoms with van der Waals surface area (Å²) < 4.78 is 5.01. The second kappa shape index (κ2) is 3.94. The predicted octanol–water partition coefficient (Wildman–Crippen LogP) is -0.337. The van der Waals surface area contributed by atoms with Gasteiger partial charge in [-0.05, 0) is 6.42 Å². The van der Waals surface area contributed by atoms with Gasteiger partial charge in [-0.2, -0.15) is 5.26 Å². The van der Waals surface area contributed by atoms with Crippen LogP contribution in [-0.4, -0.2) is 25.7 Å². The minimum absolute atomic E-state index is 0.0386. The summed E-state index contributed by atoms with van der Waals surface area (Å²) in [7, 11) is 0. The number of amides is 1. The van der Waals surface area contributed by atoms with Crippen molar-refractivity contribution >= 4 is 5.91 Å². The van der Waals surface area contributed by atoms with E-state index in [4.69, 9.17) is 10.00 Å². The molecule has 0 aromatic rings. The molecule has 11 heavy (non-hydrogen) atoms. The Bertz CT molecular complexity index is 179. The molecule has 4 heteroatoms. The molecule has 1 atom stereocenters. The van der Waals surface area contributed by atoms with Crippen molar-refractivity contribution in [2.45, 2.75) is 6.42 Å². The number of hydrogen-bond donors (Lipinski definition) is 1. The first-order valence-electron chi connectivity index (χ1n) is 3.57. The van der Waals surface area contributed by atoms with E-state index in [1.807, 2.05) is 6.07 Å². The molecule has 1 amide bonds. The van der Waals surface area contributed by atoms with Crippen molar-refractivity contribution in [1.82, 2.24) is 5.32 Å². The molecular weight excluding hydrogens is 144 g/mol. The van der Waals surface area contributed by atoms with Gasteiger partial charge in [-0.3, -0.25) is 4.79 Å². The monoisotopic (exact) mass is 154 g/mol. The lowest BCUT2D eigenvalue weighted by Gasteiger charge is -2.04. The molecule has 0 bridgehead atoms. The summed E-state index contributed by atoms with van der Waals surface area (Å²) in [4.78, 5) is 11.1. The van der Waals surface area contributed by atoms with Crippen LogP contribution < -0.4 is 5.32 Å². The maximum atomic E-state index is 11.1. The summed E-state index contributed by atoms with van der Waals surface area (Å²) in [6.45, 7) is 1.25. The average Bonchev–Trinajstić information content (AvgIpc) is 2.52. The zero-order valence-electron chi connectivity index (χ0n) is 6.17. The van der Waals surface area contributed by atoms with Crippen LogP contribution in [0.3, 0.4) is 0 Å². The van der Waals surface area contributed by atoms with E-state index in [1.165, 1.54) is 0 Å². The van der Waals surface area contributed by atoms with Crippen molar-refractivity contribution in [2.24, 2.45) is 5.92 Å². The molecule has 1 aliphatic heterocycles. The largest absolute Gasteiger partial charge is 0.381 e. The van der Waals surface area contributed by atoms with Gasteiger partial charge < -0.3 is 10.1 Å². The van der Waals surface area contributed by atoms with Crippen molar-refractivity contribution in [3.63, 3.8) is 0 Å². The first kappa shape index (κ1) is 8.02. The quantitative estimate of drug-likeness (QED) is 0.553. The Morgan fingerprint density at radius 3 is 3.18 bits per heavy atom. The summed E-state index contributed by atoms with van der Waals surface area (Å²) in [6, 6.07) is 1.85. The van der Waals surface area contributed by atoms with Gasteiger partial charge in [-0.15, -0.1) is 0 Å². The molecular formula is C7H10N2O2. The second-order valence-corrected chi connectivity index (χ2v) is 2.44. The molecule has 1 aliphatic rings. The van der Waals surface area contributed by atoms with E-state index in [2.05, 4.69) is 5.32 Å². The normalized spacial score (nSPS) is 22.6. The van der Waals surface area contributed by atoms with Crippen LogP contribution in [0.5, 0.6) is 0 Å². The van der Waals surface area contributed by atoms with Gasteiger partial charge in [0.2, 0.25) is 5.91 Å². The van der Waals surface area contributed by atoms with Crippen LogP contribution in [0, 0.1) is 17.2 Å². The van der Waals surface area contributed by atoms with Gasteiger partial charge in [0.25, 0.3) is 0 Å². The summed E-state index contributed by atoms with van der Waals surface area (Å²) in [5, 5.41) is 10.7. The third kappa shape index (κ3) is 2.20. The van der Waals surface area contributed by atoms with Crippen LogP contribution >= 0.6 is 0 Å². The Morgan fingerprint density at radius 2 is 2.64 bits per heavy atom. The van der Waals surface area contributed by atoms with E-state index >= 15 is 0 Å². The first-order valence-corrected chi connectivity index (χ1v) is 3.57. The number of nitrogens with zero attached hydrogens (tertiary/aromatic N) is 1. The van der Waals surface area contributed by atoms with E-state index in [1.54, 1.807) is 0 Å². The lowest BCUT2D eigenvalue weighted by atomic mass is 10.1. The maximum absolute atomic E-state index is 11.1. The van der Waals surface area contributed by atoms with Crippen LogP contribution in [0.4, 0.5) is 0 Å². The molecule has 1 saturated heterocycles. The van der Waals surface area contributed by atoms with Gasteiger partial charge in [0.15, 0.2) is 0 Å². The summed E-state index contributed by atoms with van der Waals surface area (Å²) in [6.07, 6.45) is 0.775. The van der Waals surface area contributed by atoms with Crippen molar-refractivity contribution < 1.29 is 9.53 Å². The van der Waals surface area contributed by atoms with E-state index in [-0.39, 0.29) is 18.4 Å². The maximum Gasteiger partial charge on any atom is 0.226 e.